The van der Waals surface area contributed by atoms with Gasteiger partial charge in [0.1, 0.15) is 35.2 Å². The average Bonchev–Trinajstić information content (AvgIpc) is 4.15. The number of aryl methyl sites for hydroxylation is 1. The van der Waals surface area contributed by atoms with Gasteiger partial charge in [0.05, 0.1) is 36.7 Å². The first-order chi connectivity index (χ1) is 28.4. The number of aromatic nitrogens is 1. The summed E-state index contributed by atoms with van der Waals surface area (Å²) in [6, 6.07) is 13.5. The number of cyclic esters (lactones) is 1. The van der Waals surface area contributed by atoms with Crippen LogP contribution in [0.5, 0.6) is 11.5 Å². The number of nitrogens with one attached hydrogen (secondary N) is 3. The lowest BCUT2D eigenvalue weighted by Gasteiger charge is -2.30. The van der Waals surface area contributed by atoms with Crippen LogP contribution >= 0.6 is 0 Å². The number of ether oxygens (including phenoxy) is 3. The highest BCUT2D eigenvalue weighted by molar-refractivity contribution is 7.91. The molecule has 4 heterocycles. The van der Waals surface area contributed by atoms with Crippen molar-refractivity contribution in [3.8, 4) is 22.8 Å². The third-order valence-corrected chi connectivity index (χ3v) is 14.5. The molecule has 5 aliphatic rings. The third kappa shape index (κ3) is 9.00. The average molecular weight is 830 g/mol. The number of alkyl carbamates (subject to hydrolysis) is 1. The van der Waals surface area contributed by atoms with Crippen LogP contribution in [0.25, 0.3) is 22.2 Å². The van der Waals surface area contributed by atoms with Gasteiger partial charge in [0.15, 0.2) is 0 Å². The number of carbonyl (C=O) groups excluding carboxylic acids is 4. The molecule has 2 aliphatic carbocycles. The Bertz CT molecular complexity index is 2200. The maximum Gasteiger partial charge on any atom is 0.407 e. The van der Waals surface area contributed by atoms with Gasteiger partial charge in [-0.3, -0.25) is 19.1 Å². The molecule has 2 aromatic carbocycles. The molecular weight excluding hydrogens is 775 g/mol. The van der Waals surface area contributed by atoms with E-state index in [0.29, 0.717) is 67.7 Å². The maximum atomic E-state index is 14.7. The lowest BCUT2D eigenvalue weighted by atomic mass is 9.99. The topological polar surface area (TPSA) is 182 Å². The van der Waals surface area contributed by atoms with Gasteiger partial charge >= 0.3 is 6.09 Å². The number of methoxy groups -OCH3 is 1. The molecule has 4 amide bonds. The molecule has 1 aromatic heterocycles. The third-order valence-electron chi connectivity index (χ3n) is 12.7. The number of sulfonamides is 1. The van der Waals surface area contributed by atoms with E-state index < -0.39 is 62.8 Å². The Morgan fingerprint density at radius 2 is 1.73 bits per heavy atom. The molecule has 4 fully saturated rings. The van der Waals surface area contributed by atoms with Gasteiger partial charge in [-0.1, -0.05) is 69.4 Å². The Kier molecular flexibility index (Phi) is 11.8. The first-order valence-electron chi connectivity index (χ1n) is 21.3. The highest BCUT2D eigenvalue weighted by Crippen LogP contribution is 2.48. The number of carbonyl (C=O) groups is 4. The van der Waals surface area contributed by atoms with E-state index >= 15 is 0 Å². The quantitative estimate of drug-likeness (QED) is 0.295. The van der Waals surface area contributed by atoms with Crippen LogP contribution in [-0.2, 0) is 35.6 Å². The number of rotatable bonds is 5. The molecule has 15 heteroatoms. The minimum absolute atomic E-state index is 0.0212. The second-order valence-electron chi connectivity index (χ2n) is 17.2. The van der Waals surface area contributed by atoms with E-state index in [2.05, 4.69) is 15.4 Å². The molecule has 0 spiro atoms. The zero-order chi connectivity index (χ0) is 41.3. The summed E-state index contributed by atoms with van der Waals surface area (Å²) in [6.45, 7) is 2.21. The standard InChI is InChI=1S/C44H55N5O9S/c1-27-12-11-15-29-20-33-36(23-38(29)56-2)45-35(28-13-7-6-8-14-28)22-39(33)58-31-21-37-40(50)47-44(42(52)48-59(54,55)32-18-19-32)24-30(44)16-9-4-3-5-10-17-34(41(51)49(37)25-31)46-43(53)57-26-27/h6-8,13-14,20,22-23,27,30-32,34,37H,3-5,9-12,15-19,21,24-26H2,1-2H3,(H,46,53)(H,47,50)(H,48,52)/t27-,30-,31-,34+,37+,44-/m1/s1. The minimum Gasteiger partial charge on any atom is -0.496 e. The van der Waals surface area contributed by atoms with Gasteiger partial charge in [0, 0.05) is 29.5 Å². The molecule has 14 nitrogen and oxygen atoms in total. The van der Waals surface area contributed by atoms with E-state index in [4.69, 9.17) is 19.2 Å². The maximum absolute atomic E-state index is 14.7. The van der Waals surface area contributed by atoms with Crippen LogP contribution in [0.4, 0.5) is 4.79 Å². The van der Waals surface area contributed by atoms with Gasteiger partial charge in [0.25, 0.3) is 5.91 Å². The Hall–Kier alpha value is -4.92. The summed E-state index contributed by atoms with van der Waals surface area (Å²) in [5.74, 6) is -0.716. The number of amides is 4. The molecule has 0 radical (unpaired) electrons. The van der Waals surface area contributed by atoms with Crippen molar-refractivity contribution in [3.05, 3.63) is 54.1 Å². The van der Waals surface area contributed by atoms with Crippen molar-refractivity contribution in [2.45, 2.75) is 126 Å². The first-order valence-corrected chi connectivity index (χ1v) is 22.8. The van der Waals surface area contributed by atoms with E-state index in [1.54, 1.807) is 7.11 Å². The van der Waals surface area contributed by atoms with Crippen LogP contribution in [-0.4, -0.2) is 91.4 Å². The van der Waals surface area contributed by atoms with Crippen LogP contribution in [0.1, 0.15) is 96.0 Å². The molecule has 0 unspecified atom stereocenters. The summed E-state index contributed by atoms with van der Waals surface area (Å²) in [4.78, 5) is 63.0. The molecule has 6 atom stereocenters. The van der Waals surface area contributed by atoms with Crippen molar-refractivity contribution in [2.24, 2.45) is 11.8 Å². The number of benzene rings is 2. The molecule has 8 rings (SSSR count). The summed E-state index contributed by atoms with van der Waals surface area (Å²) in [5.41, 5.74) is 1.77. The lowest BCUT2D eigenvalue weighted by Crippen LogP contribution is -2.58. The number of pyridine rings is 1. The number of hydrogen-bond donors (Lipinski definition) is 3. The van der Waals surface area contributed by atoms with Crippen LogP contribution in [0.15, 0.2) is 48.5 Å². The summed E-state index contributed by atoms with van der Waals surface area (Å²) in [5, 5.41) is 5.96. The van der Waals surface area contributed by atoms with Gasteiger partial charge in [-0.25, -0.2) is 18.2 Å². The largest absolute Gasteiger partial charge is 0.496 e. The van der Waals surface area contributed by atoms with Crippen LogP contribution < -0.4 is 24.8 Å². The smallest absolute Gasteiger partial charge is 0.407 e. The predicted molar refractivity (Wildman–Crippen MR) is 220 cm³/mol. The predicted octanol–water partition coefficient (Wildman–Crippen LogP) is 5.55. The Morgan fingerprint density at radius 3 is 2.49 bits per heavy atom. The van der Waals surface area contributed by atoms with Crippen molar-refractivity contribution >= 4 is 44.7 Å². The van der Waals surface area contributed by atoms with Crippen molar-refractivity contribution in [1.82, 2.24) is 25.2 Å². The zero-order valence-corrected chi connectivity index (χ0v) is 34.7. The van der Waals surface area contributed by atoms with Crippen LogP contribution in [0, 0.1) is 11.8 Å². The minimum atomic E-state index is -3.88. The number of nitrogens with zero attached hydrogens (tertiary/aromatic N) is 2. The van der Waals surface area contributed by atoms with Crippen molar-refractivity contribution in [2.75, 3.05) is 20.3 Å². The highest BCUT2D eigenvalue weighted by Gasteiger charge is 2.62. The lowest BCUT2D eigenvalue weighted by molar-refractivity contribution is -0.141. The fourth-order valence-electron chi connectivity index (χ4n) is 9.07. The molecule has 3 N–H and O–H groups in total. The summed E-state index contributed by atoms with van der Waals surface area (Å²) in [7, 11) is -2.24. The molecule has 2 saturated heterocycles. The fraction of sp³-hybridized carbons (Fsp3) is 0.568. The molecule has 316 valence electrons. The summed E-state index contributed by atoms with van der Waals surface area (Å²) in [6.07, 6.45) is 7.36. The van der Waals surface area contributed by atoms with Crippen molar-refractivity contribution in [1.29, 1.82) is 0 Å². The van der Waals surface area contributed by atoms with Gasteiger partial charge in [-0.05, 0) is 74.8 Å². The van der Waals surface area contributed by atoms with Gasteiger partial charge in [0.2, 0.25) is 21.8 Å². The molecule has 3 aromatic rings. The number of fused-ring (bicyclic) bond motifs is 4. The summed E-state index contributed by atoms with van der Waals surface area (Å²) < 4.78 is 46.6. The van der Waals surface area contributed by atoms with E-state index in [0.717, 1.165) is 55.0 Å². The first kappa shape index (κ1) is 40.8. The van der Waals surface area contributed by atoms with Crippen molar-refractivity contribution < 1.29 is 41.8 Å². The molecule has 2 saturated carbocycles. The molecule has 5 bridgehead atoms. The monoisotopic (exact) mass is 829 g/mol. The van der Waals surface area contributed by atoms with Gasteiger partial charge < -0.3 is 29.7 Å². The Labute approximate surface area is 345 Å². The summed E-state index contributed by atoms with van der Waals surface area (Å²) >= 11 is 0. The van der Waals surface area contributed by atoms with Gasteiger partial charge in [-0.2, -0.15) is 0 Å². The van der Waals surface area contributed by atoms with Gasteiger partial charge in [-0.15, -0.1) is 0 Å². The van der Waals surface area contributed by atoms with E-state index in [9.17, 15) is 27.6 Å². The fourth-order valence-corrected chi connectivity index (χ4v) is 10.4. The Morgan fingerprint density at radius 1 is 0.966 bits per heavy atom. The second-order valence-corrected chi connectivity index (χ2v) is 19.2. The van der Waals surface area contributed by atoms with Crippen LogP contribution in [0.3, 0.4) is 0 Å². The molecule has 59 heavy (non-hydrogen) atoms. The van der Waals surface area contributed by atoms with E-state index in [-0.39, 0.29) is 31.4 Å². The Balaban J connectivity index is 1.18. The zero-order valence-electron chi connectivity index (χ0n) is 33.9. The normalized spacial score (nSPS) is 28.4. The molecular formula is C44H55N5O9S. The molecule has 3 aliphatic heterocycles. The second kappa shape index (κ2) is 17.0. The van der Waals surface area contributed by atoms with E-state index in [1.165, 1.54) is 4.90 Å². The number of hydrogen-bond acceptors (Lipinski definition) is 10. The highest BCUT2D eigenvalue weighted by atomic mass is 32.2. The SMILES string of the molecule is COc1cc2nc(-c3ccccc3)cc3c2cc1CCC[C@@H](C)COC(=O)N[C@H]1CCCCCCC[C@@H]2C[C@@]2(C(=O)NS(=O)(=O)C2CC2)NC(=O)[C@@H]2C[C@H](CN2C1=O)O3. The van der Waals surface area contributed by atoms with E-state index in [1.807, 2.05) is 55.5 Å². The van der Waals surface area contributed by atoms with Crippen LogP contribution in [0.2, 0.25) is 0 Å². The van der Waals surface area contributed by atoms with Crippen molar-refractivity contribution in [3.63, 3.8) is 0 Å².